The fourth-order valence-corrected chi connectivity index (χ4v) is 5.04. The van der Waals surface area contributed by atoms with Crippen molar-refractivity contribution in [2.24, 2.45) is 0 Å². The number of amides is 1. The monoisotopic (exact) mass is 327 g/mol. The highest BCUT2D eigenvalue weighted by molar-refractivity contribution is 8.19. The summed E-state index contributed by atoms with van der Waals surface area (Å²) in [6, 6.07) is 7.76. The number of benzene rings is 1. The topological polar surface area (TPSA) is 87.1 Å². The molecule has 112 valence electrons. The maximum Gasteiger partial charge on any atom is 0.407 e. The number of rotatable bonds is 3. The largest absolute Gasteiger partial charge is 0.479 e. The van der Waals surface area contributed by atoms with Gasteiger partial charge in [0.25, 0.3) is 0 Å². The Hall–Kier alpha value is -1.38. The molecule has 2 heterocycles. The maximum absolute atomic E-state index is 11.6. The zero-order valence-corrected chi connectivity index (χ0v) is 12.5. The predicted octanol–water partition coefficient (Wildman–Crippen LogP) is 2.39. The molecular weight excluding hydrogens is 314 g/mol. The van der Waals surface area contributed by atoms with Gasteiger partial charge in [0.05, 0.1) is 6.54 Å². The lowest BCUT2D eigenvalue weighted by molar-refractivity contribution is -0.162. The van der Waals surface area contributed by atoms with E-state index in [0.29, 0.717) is 0 Å². The summed E-state index contributed by atoms with van der Waals surface area (Å²) >= 11 is 2.92. The molecule has 1 unspecified atom stereocenters. The van der Waals surface area contributed by atoms with Crippen LogP contribution in [-0.2, 0) is 9.53 Å². The molecular formula is C13H13NO5S2. The molecule has 0 aliphatic carbocycles. The fraction of sp³-hybridized carbons (Fsp3) is 0.385. The number of likely N-dealkylation sites (tertiary alicyclic amines) is 1. The smallest absolute Gasteiger partial charge is 0.407 e. The third-order valence-electron chi connectivity index (χ3n) is 3.51. The van der Waals surface area contributed by atoms with E-state index in [-0.39, 0.29) is 24.3 Å². The average molecular weight is 327 g/mol. The van der Waals surface area contributed by atoms with E-state index in [0.717, 1.165) is 14.7 Å². The Morgan fingerprint density at radius 1 is 1.24 bits per heavy atom. The number of ether oxygens (including phenoxy) is 1. The second-order valence-corrected chi connectivity index (χ2v) is 7.35. The summed E-state index contributed by atoms with van der Waals surface area (Å²) in [6.45, 7) is 0.0439. The molecule has 0 spiro atoms. The summed E-state index contributed by atoms with van der Waals surface area (Å²) in [5, 5.41) is 18.5. The van der Waals surface area contributed by atoms with Crippen LogP contribution in [0.4, 0.5) is 4.79 Å². The number of thioether (sulfide) groups is 2. The van der Waals surface area contributed by atoms with Crippen molar-refractivity contribution >= 4 is 35.6 Å². The van der Waals surface area contributed by atoms with Crippen LogP contribution in [0.15, 0.2) is 34.1 Å². The molecule has 2 aliphatic rings. The summed E-state index contributed by atoms with van der Waals surface area (Å²) in [4.78, 5) is 25.8. The Bertz CT molecular complexity index is 571. The van der Waals surface area contributed by atoms with E-state index < -0.39 is 17.7 Å². The van der Waals surface area contributed by atoms with Crippen LogP contribution < -0.4 is 0 Å². The Kier molecular flexibility index (Phi) is 3.76. The second-order valence-electron chi connectivity index (χ2n) is 4.84. The molecule has 0 radical (unpaired) electrons. The van der Waals surface area contributed by atoms with Gasteiger partial charge in [-0.3, -0.25) is 0 Å². The Morgan fingerprint density at radius 2 is 1.86 bits per heavy atom. The van der Waals surface area contributed by atoms with Gasteiger partial charge in [0.15, 0.2) is 10.4 Å². The number of carboxylic acid groups (broad SMARTS) is 2. The summed E-state index contributed by atoms with van der Waals surface area (Å²) in [6.07, 6.45) is -0.945. The second kappa shape index (κ2) is 5.43. The molecule has 0 aromatic heterocycles. The Labute approximate surface area is 129 Å². The molecule has 1 aromatic carbocycles. The lowest BCUT2D eigenvalue weighted by Crippen LogP contribution is -2.46. The molecule has 0 saturated carbocycles. The first-order chi connectivity index (χ1) is 10.00. The van der Waals surface area contributed by atoms with Crippen LogP contribution >= 0.6 is 23.5 Å². The molecule has 3 rings (SSSR count). The number of fused-ring (bicyclic) bond motifs is 1. The fourth-order valence-electron chi connectivity index (χ4n) is 2.38. The highest BCUT2D eigenvalue weighted by atomic mass is 32.2. The average Bonchev–Trinajstić information content (AvgIpc) is 3.03. The van der Waals surface area contributed by atoms with Crippen molar-refractivity contribution in [3.8, 4) is 0 Å². The molecule has 1 amide bonds. The van der Waals surface area contributed by atoms with Gasteiger partial charge in [-0.05, 0) is 12.1 Å². The molecule has 1 atom stereocenters. The number of hydrogen-bond donors (Lipinski definition) is 2. The van der Waals surface area contributed by atoms with Gasteiger partial charge in [0.2, 0.25) is 0 Å². The molecule has 1 fully saturated rings. The number of aliphatic carboxylic acids is 1. The first-order valence-electron chi connectivity index (χ1n) is 6.32. The van der Waals surface area contributed by atoms with E-state index in [4.69, 9.17) is 9.84 Å². The Balaban J connectivity index is 1.74. The van der Waals surface area contributed by atoms with Gasteiger partial charge in [-0.25, -0.2) is 9.59 Å². The number of nitrogens with zero attached hydrogens (tertiary/aromatic N) is 1. The van der Waals surface area contributed by atoms with Gasteiger partial charge in [0.1, 0.15) is 0 Å². The molecule has 8 heteroatoms. The number of hydrogen-bond acceptors (Lipinski definition) is 5. The first-order valence-corrected chi connectivity index (χ1v) is 8.07. The minimum absolute atomic E-state index is 0.133. The quantitative estimate of drug-likeness (QED) is 0.881. The van der Waals surface area contributed by atoms with Crippen molar-refractivity contribution < 1.29 is 24.5 Å². The first kappa shape index (κ1) is 14.6. The summed E-state index contributed by atoms with van der Waals surface area (Å²) in [5.41, 5.74) is -1.45. The lowest BCUT2D eigenvalue weighted by Gasteiger charge is -2.27. The van der Waals surface area contributed by atoms with Crippen LogP contribution in [0.3, 0.4) is 0 Å². The van der Waals surface area contributed by atoms with E-state index >= 15 is 0 Å². The van der Waals surface area contributed by atoms with Gasteiger partial charge in [-0.15, -0.1) is 0 Å². The van der Waals surface area contributed by atoms with Crippen LogP contribution in [0.2, 0.25) is 0 Å². The van der Waals surface area contributed by atoms with Crippen molar-refractivity contribution in [2.45, 2.75) is 26.6 Å². The molecule has 21 heavy (non-hydrogen) atoms. The molecule has 6 nitrogen and oxygen atoms in total. The maximum atomic E-state index is 11.6. The van der Waals surface area contributed by atoms with Gasteiger partial charge in [-0.1, -0.05) is 35.7 Å². The van der Waals surface area contributed by atoms with E-state index in [1.54, 1.807) is 0 Å². The summed E-state index contributed by atoms with van der Waals surface area (Å²) < 4.78 is 5.44. The van der Waals surface area contributed by atoms with Gasteiger partial charge in [-0.2, -0.15) is 0 Å². The van der Waals surface area contributed by atoms with Crippen LogP contribution in [0, 0.1) is 0 Å². The van der Waals surface area contributed by atoms with Crippen molar-refractivity contribution in [1.29, 1.82) is 0 Å². The van der Waals surface area contributed by atoms with E-state index in [1.807, 2.05) is 24.3 Å². The van der Waals surface area contributed by atoms with Crippen LogP contribution in [0.5, 0.6) is 0 Å². The van der Waals surface area contributed by atoms with E-state index in [2.05, 4.69) is 0 Å². The zero-order valence-electron chi connectivity index (χ0n) is 10.9. The molecule has 1 saturated heterocycles. The number of carbonyl (C=O) groups is 2. The lowest BCUT2D eigenvalue weighted by atomic mass is 10.0. The standard InChI is InChI=1S/C13H13NO5S2/c15-10(16)13(5-6-14(7-13)11(17)18)19-12-20-8-3-1-2-4-9(8)21-12/h1-4,12H,5-7H2,(H,15,16)(H,17,18). The van der Waals surface area contributed by atoms with Crippen molar-refractivity contribution in [1.82, 2.24) is 4.90 Å². The van der Waals surface area contributed by atoms with Gasteiger partial charge in [0, 0.05) is 22.8 Å². The van der Waals surface area contributed by atoms with E-state index in [9.17, 15) is 14.7 Å². The molecule has 2 aliphatic heterocycles. The number of carboxylic acids is 1. The van der Waals surface area contributed by atoms with Crippen LogP contribution in [-0.4, -0.2) is 50.6 Å². The van der Waals surface area contributed by atoms with Gasteiger partial charge < -0.3 is 19.8 Å². The SMILES string of the molecule is O=C(O)N1CCC(OC2Sc3ccccc3S2)(C(=O)O)C1. The normalized spacial score (nSPS) is 25.0. The minimum Gasteiger partial charge on any atom is -0.479 e. The van der Waals surface area contributed by atoms with E-state index in [1.165, 1.54) is 23.5 Å². The van der Waals surface area contributed by atoms with Gasteiger partial charge >= 0.3 is 12.1 Å². The van der Waals surface area contributed by atoms with Crippen molar-refractivity contribution in [3.63, 3.8) is 0 Å². The molecule has 1 aromatic rings. The predicted molar refractivity (Wildman–Crippen MR) is 77.6 cm³/mol. The van der Waals surface area contributed by atoms with Crippen molar-refractivity contribution in [3.05, 3.63) is 24.3 Å². The molecule has 0 bridgehead atoms. The van der Waals surface area contributed by atoms with Crippen LogP contribution in [0.1, 0.15) is 6.42 Å². The third-order valence-corrected chi connectivity index (χ3v) is 6.01. The summed E-state index contributed by atoms with van der Waals surface area (Å²) in [5.74, 6) is -1.11. The highest BCUT2D eigenvalue weighted by Gasteiger charge is 2.50. The summed E-state index contributed by atoms with van der Waals surface area (Å²) in [7, 11) is 0. The van der Waals surface area contributed by atoms with Crippen LogP contribution in [0.25, 0.3) is 0 Å². The Morgan fingerprint density at radius 3 is 2.33 bits per heavy atom. The highest BCUT2D eigenvalue weighted by Crippen LogP contribution is 2.50. The zero-order chi connectivity index (χ0) is 15.0. The molecule has 2 N–H and O–H groups in total. The minimum atomic E-state index is -1.45. The van der Waals surface area contributed by atoms with Crippen molar-refractivity contribution in [2.75, 3.05) is 13.1 Å². The third kappa shape index (κ3) is 2.70.